The molecule has 0 rings (SSSR count). The largest absolute Gasteiger partial charge is 1.00 e. The Morgan fingerprint density at radius 2 is 2.11 bits per heavy atom. The quantitative estimate of drug-likeness (QED) is 0.186. The molecule has 3 heteroatoms. The molecule has 0 fully saturated rings. The van der Waals surface area contributed by atoms with Crippen LogP contribution in [-0.2, 0) is 0 Å². The van der Waals surface area contributed by atoms with Gasteiger partial charge in [-0.1, -0.05) is 0 Å². The van der Waals surface area contributed by atoms with Crippen molar-refractivity contribution in [2.24, 2.45) is 0 Å². The molecule has 0 unspecified atom stereocenters. The predicted molar refractivity (Wildman–Crippen MR) is 25.8 cm³/mol. The van der Waals surface area contributed by atoms with Crippen LogP contribution in [0.1, 0.15) is 6.92 Å². The van der Waals surface area contributed by atoms with E-state index in [1.807, 2.05) is 0 Å². The first-order valence-electron chi connectivity index (χ1n) is 1.99. The zero-order valence-corrected chi connectivity index (χ0v) is 6.19. The summed E-state index contributed by atoms with van der Waals surface area (Å²) in [4.78, 5) is 0. The van der Waals surface area contributed by atoms with Gasteiger partial charge >= 0.3 is 37.7 Å². The molecule has 0 spiro atoms. The molecule has 0 aliphatic rings. The maximum Gasteiger partial charge on any atom is 1.00 e. The summed E-state index contributed by atoms with van der Waals surface area (Å²) in [6.45, 7) is 1.42. The number of rotatable bonds is 1. The Bertz CT molecular complexity index is 113. The Morgan fingerprint density at radius 3 is 2.22 bits per heavy atom. The van der Waals surface area contributed by atoms with Crippen molar-refractivity contribution in [2.45, 2.75) is 6.92 Å². The molecule has 0 aliphatic carbocycles. The SMILES string of the molecule is [C-]#C/C(C)=C/C[O-].[Li+].[Li+]. The van der Waals surface area contributed by atoms with Gasteiger partial charge in [-0.25, -0.2) is 0 Å². The van der Waals surface area contributed by atoms with E-state index in [1.165, 1.54) is 6.08 Å². The van der Waals surface area contributed by atoms with Crippen molar-refractivity contribution in [1.82, 2.24) is 0 Å². The Morgan fingerprint density at radius 1 is 1.67 bits per heavy atom. The van der Waals surface area contributed by atoms with E-state index in [4.69, 9.17) is 6.42 Å². The van der Waals surface area contributed by atoms with E-state index < -0.39 is 0 Å². The smallest absolute Gasteiger partial charge is 0.853 e. The molecule has 0 atom stereocenters. The first kappa shape index (κ1) is 16.2. The van der Waals surface area contributed by atoms with E-state index >= 15 is 0 Å². The van der Waals surface area contributed by atoms with Gasteiger partial charge in [-0.05, 0) is 0 Å². The molecule has 0 aromatic rings. The Balaban J connectivity index is -0.000000180. The van der Waals surface area contributed by atoms with Crippen LogP contribution in [0.3, 0.4) is 0 Å². The van der Waals surface area contributed by atoms with Crippen molar-refractivity contribution >= 4 is 0 Å². The molecule has 38 valence electrons. The van der Waals surface area contributed by atoms with Crippen LogP contribution in [0.5, 0.6) is 0 Å². The van der Waals surface area contributed by atoms with E-state index in [-0.39, 0.29) is 44.3 Å². The Hall–Kier alpha value is 0.455. The number of hydrogen-bond acceptors (Lipinski definition) is 1. The van der Waals surface area contributed by atoms with Gasteiger partial charge in [0.1, 0.15) is 0 Å². The molecular weight excluding hydrogens is 102 g/mol. The average molecular weight is 108 g/mol. The van der Waals surface area contributed by atoms with Gasteiger partial charge in [0.25, 0.3) is 0 Å². The molecule has 1 nitrogen and oxygen atoms in total. The van der Waals surface area contributed by atoms with Crippen LogP contribution in [0, 0.1) is 12.3 Å². The van der Waals surface area contributed by atoms with Crippen LogP contribution in [-0.4, -0.2) is 6.61 Å². The zero-order valence-electron chi connectivity index (χ0n) is 6.19. The summed E-state index contributed by atoms with van der Waals surface area (Å²) in [5.41, 5.74) is 0.606. The van der Waals surface area contributed by atoms with E-state index in [0.717, 1.165) is 0 Å². The summed E-state index contributed by atoms with van der Waals surface area (Å²) < 4.78 is 0. The molecule has 0 radical (unpaired) electrons. The van der Waals surface area contributed by atoms with E-state index in [0.29, 0.717) is 5.57 Å². The molecule has 9 heavy (non-hydrogen) atoms. The molecule has 0 bridgehead atoms. The van der Waals surface area contributed by atoms with Crippen LogP contribution in [0.2, 0.25) is 0 Å². The molecule has 0 aliphatic heterocycles. The Kier molecular flexibility index (Phi) is 20.3. The third-order valence-corrected chi connectivity index (χ3v) is 0.587. The zero-order chi connectivity index (χ0) is 5.70. The third-order valence-electron chi connectivity index (χ3n) is 0.587. The minimum absolute atomic E-state index is 0. The van der Waals surface area contributed by atoms with Crippen LogP contribution >= 0.6 is 0 Å². The minimum atomic E-state index is -0.252. The van der Waals surface area contributed by atoms with Crippen LogP contribution in [0.4, 0.5) is 0 Å². The second-order valence-electron chi connectivity index (χ2n) is 1.18. The summed E-state index contributed by atoms with van der Waals surface area (Å²) in [6.07, 6.45) is 7.86. The van der Waals surface area contributed by atoms with Gasteiger partial charge in [-0.3, -0.25) is 5.92 Å². The van der Waals surface area contributed by atoms with E-state index in [2.05, 4.69) is 5.92 Å². The monoisotopic (exact) mass is 108 g/mol. The molecule has 0 amide bonds. The maximum atomic E-state index is 9.70. The topological polar surface area (TPSA) is 23.1 Å². The van der Waals surface area contributed by atoms with Crippen molar-refractivity contribution in [3.8, 4) is 5.92 Å². The summed E-state index contributed by atoms with van der Waals surface area (Å²) in [6, 6.07) is 0. The van der Waals surface area contributed by atoms with Gasteiger partial charge in [0.15, 0.2) is 0 Å². The number of hydrogen-bond donors (Lipinski definition) is 0. The number of allylic oxidation sites excluding steroid dienone is 1. The third kappa shape index (κ3) is 11.8. The van der Waals surface area contributed by atoms with Crippen LogP contribution in [0.25, 0.3) is 0 Å². The summed E-state index contributed by atoms with van der Waals surface area (Å²) in [5.74, 6) is 2.08. The van der Waals surface area contributed by atoms with Crippen molar-refractivity contribution in [1.29, 1.82) is 0 Å². The van der Waals surface area contributed by atoms with Crippen molar-refractivity contribution in [3.05, 3.63) is 18.1 Å². The van der Waals surface area contributed by atoms with E-state index in [1.54, 1.807) is 6.92 Å². The molecule has 0 heterocycles. The van der Waals surface area contributed by atoms with Gasteiger partial charge in [-0.15, -0.1) is 13.5 Å². The van der Waals surface area contributed by atoms with Gasteiger partial charge in [0.2, 0.25) is 0 Å². The van der Waals surface area contributed by atoms with Crippen molar-refractivity contribution in [3.63, 3.8) is 0 Å². The van der Waals surface area contributed by atoms with Crippen molar-refractivity contribution < 1.29 is 42.8 Å². The summed E-state index contributed by atoms with van der Waals surface area (Å²) >= 11 is 0. The normalized spacial score (nSPS) is 8.33. The fraction of sp³-hybridized carbons (Fsp3) is 0.333. The second-order valence-corrected chi connectivity index (χ2v) is 1.18. The van der Waals surface area contributed by atoms with Gasteiger partial charge in [0.05, 0.1) is 0 Å². The summed E-state index contributed by atoms with van der Waals surface area (Å²) in [5, 5.41) is 9.70. The first-order valence-corrected chi connectivity index (χ1v) is 1.99. The maximum absolute atomic E-state index is 9.70. The van der Waals surface area contributed by atoms with Crippen LogP contribution in [0.15, 0.2) is 11.6 Å². The predicted octanol–water partition coefficient (Wildman–Crippen LogP) is -6.11. The summed E-state index contributed by atoms with van der Waals surface area (Å²) in [7, 11) is 0. The molecule has 0 saturated carbocycles. The molecule has 0 N–H and O–H groups in total. The van der Waals surface area contributed by atoms with Gasteiger partial charge in [-0.2, -0.15) is 11.6 Å². The molecule has 0 aromatic heterocycles. The van der Waals surface area contributed by atoms with Gasteiger partial charge in [0, 0.05) is 0 Å². The van der Waals surface area contributed by atoms with Crippen LogP contribution < -0.4 is 42.8 Å². The first-order chi connectivity index (χ1) is 3.31. The Labute approximate surface area is 80.3 Å². The molecule has 0 saturated heterocycles. The molecule has 0 aromatic carbocycles. The minimum Gasteiger partial charge on any atom is -0.853 e. The standard InChI is InChI=1S/C6H6O.2Li/c1-3-6(2)4-5-7;;/h4H,5H2,2H3;;/q-2;2*+1/b6-4+;;. The molecular formula is C6H6Li2O. The van der Waals surface area contributed by atoms with Crippen molar-refractivity contribution in [2.75, 3.05) is 6.61 Å². The fourth-order valence-electron chi connectivity index (χ4n) is 0.176. The fourth-order valence-corrected chi connectivity index (χ4v) is 0.176. The average Bonchev–Trinajstić information content (AvgIpc) is 1.68. The van der Waals surface area contributed by atoms with E-state index in [9.17, 15) is 5.11 Å². The second kappa shape index (κ2) is 11.3. The van der Waals surface area contributed by atoms with Gasteiger partial charge < -0.3 is 11.5 Å².